The van der Waals surface area contributed by atoms with Crippen LogP contribution in [0.4, 0.5) is 5.69 Å². The topological polar surface area (TPSA) is 83.1 Å². The summed E-state index contributed by atoms with van der Waals surface area (Å²) in [6.45, 7) is 1.90. The lowest BCUT2D eigenvalue weighted by Crippen LogP contribution is -2.20. The van der Waals surface area contributed by atoms with Crippen molar-refractivity contribution >= 4 is 17.6 Å². The quantitative estimate of drug-likeness (QED) is 0.505. The lowest BCUT2D eigenvalue weighted by Gasteiger charge is -2.11. The van der Waals surface area contributed by atoms with Gasteiger partial charge in [0.05, 0.1) is 19.3 Å². The zero-order chi connectivity index (χ0) is 22.1. The number of benzene rings is 3. The number of anilines is 1. The molecule has 1 N–H and O–H groups in total. The van der Waals surface area contributed by atoms with E-state index in [1.165, 1.54) is 13.2 Å². The molecule has 0 saturated carbocycles. The molecule has 0 saturated heterocycles. The fourth-order valence-corrected chi connectivity index (χ4v) is 2.71. The minimum Gasteiger partial charge on any atom is -0.493 e. The molecular formula is C24H23NO6. The van der Waals surface area contributed by atoms with Gasteiger partial charge in [0.1, 0.15) is 11.5 Å². The van der Waals surface area contributed by atoms with E-state index in [0.29, 0.717) is 29.5 Å². The summed E-state index contributed by atoms with van der Waals surface area (Å²) in [5, 5.41) is 2.67. The van der Waals surface area contributed by atoms with Gasteiger partial charge in [-0.1, -0.05) is 18.2 Å². The van der Waals surface area contributed by atoms with Crippen molar-refractivity contribution in [3.05, 3.63) is 78.4 Å². The molecule has 0 aliphatic heterocycles. The van der Waals surface area contributed by atoms with Gasteiger partial charge in [-0.25, -0.2) is 4.79 Å². The van der Waals surface area contributed by atoms with Gasteiger partial charge in [0.15, 0.2) is 18.1 Å². The molecule has 0 fully saturated rings. The second-order valence-electron chi connectivity index (χ2n) is 6.36. The van der Waals surface area contributed by atoms with Crippen molar-refractivity contribution in [3.63, 3.8) is 0 Å². The number of amides is 1. The number of methoxy groups -OCH3 is 1. The second kappa shape index (κ2) is 10.7. The molecule has 1 amide bonds. The third-order valence-corrected chi connectivity index (χ3v) is 4.15. The van der Waals surface area contributed by atoms with Crippen LogP contribution in [0.15, 0.2) is 72.8 Å². The van der Waals surface area contributed by atoms with Crippen LogP contribution >= 0.6 is 0 Å². The van der Waals surface area contributed by atoms with Crippen LogP contribution in [-0.4, -0.2) is 32.2 Å². The highest BCUT2D eigenvalue weighted by atomic mass is 16.5. The molecule has 0 unspecified atom stereocenters. The first kappa shape index (κ1) is 21.7. The summed E-state index contributed by atoms with van der Waals surface area (Å²) in [5.41, 5.74) is 0.819. The van der Waals surface area contributed by atoms with Crippen molar-refractivity contribution in [1.29, 1.82) is 0 Å². The van der Waals surface area contributed by atoms with Crippen LogP contribution in [-0.2, 0) is 9.53 Å². The van der Waals surface area contributed by atoms with Gasteiger partial charge < -0.3 is 24.3 Å². The third-order valence-electron chi connectivity index (χ3n) is 4.15. The molecule has 0 spiro atoms. The fraction of sp³-hybridized carbons (Fsp3) is 0.167. The Morgan fingerprint density at radius 2 is 1.58 bits per heavy atom. The van der Waals surface area contributed by atoms with Gasteiger partial charge in [0.25, 0.3) is 5.91 Å². The van der Waals surface area contributed by atoms with Crippen LogP contribution in [0, 0.1) is 0 Å². The highest BCUT2D eigenvalue weighted by Crippen LogP contribution is 2.28. The Bertz CT molecular complexity index is 1020. The van der Waals surface area contributed by atoms with E-state index in [4.69, 9.17) is 18.9 Å². The highest BCUT2D eigenvalue weighted by molar-refractivity contribution is 5.95. The number of para-hydroxylation sites is 1. The van der Waals surface area contributed by atoms with Gasteiger partial charge in [-0.3, -0.25) is 4.79 Å². The maximum absolute atomic E-state index is 12.2. The number of nitrogens with one attached hydrogen (secondary N) is 1. The SMILES string of the molecule is CCOc1ccc(C(=O)OCC(=O)Nc2ccc(Oc3ccccc3)cc2)cc1OC. The van der Waals surface area contributed by atoms with Gasteiger partial charge in [0.2, 0.25) is 0 Å². The van der Waals surface area contributed by atoms with E-state index >= 15 is 0 Å². The lowest BCUT2D eigenvalue weighted by molar-refractivity contribution is -0.119. The second-order valence-corrected chi connectivity index (χ2v) is 6.36. The molecule has 7 nitrogen and oxygen atoms in total. The molecule has 0 aliphatic rings. The predicted molar refractivity (Wildman–Crippen MR) is 116 cm³/mol. The van der Waals surface area contributed by atoms with Crippen LogP contribution < -0.4 is 19.5 Å². The molecule has 0 aromatic heterocycles. The molecule has 0 aliphatic carbocycles. The first-order chi connectivity index (χ1) is 15.1. The minimum absolute atomic E-state index is 0.260. The Labute approximate surface area is 180 Å². The first-order valence-electron chi connectivity index (χ1n) is 9.70. The van der Waals surface area contributed by atoms with Gasteiger partial charge >= 0.3 is 5.97 Å². The normalized spacial score (nSPS) is 10.1. The van der Waals surface area contributed by atoms with Crippen molar-refractivity contribution < 1.29 is 28.5 Å². The zero-order valence-electron chi connectivity index (χ0n) is 17.3. The van der Waals surface area contributed by atoms with E-state index in [9.17, 15) is 9.59 Å². The first-order valence-corrected chi connectivity index (χ1v) is 9.70. The maximum atomic E-state index is 12.2. The predicted octanol–water partition coefficient (Wildman–Crippen LogP) is 4.68. The highest BCUT2D eigenvalue weighted by Gasteiger charge is 2.14. The summed E-state index contributed by atoms with van der Waals surface area (Å²) in [6.07, 6.45) is 0. The van der Waals surface area contributed by atoms with Crippen molar-refractivity contribution in [3.8, 4) is 23.0 Å². The number of carbonyl (C=O) groups excluding carboxylic acids is 2. The molecular weight excluding hydrogens is 398 g/mol. The number of esters is 1. The summed E-state index contributed by atoms with van der Waals surface area (Å²) in [6, 6.07) is 20.9. The summed E-state index contributed by atoms with van der Waals surface area (Å²) >= 11 is 0. The van der Waals surface area contributed by atoms with Crippen molar-refractivity contribution in [1.82, 2.24) is 0 Å². The molecule has 0 radical (unpaired) electrons. The summed E-state index contributed by atoms with van der Waals surface area (Å²) in [4.78, 5) is 24.4. The Morgan fingerprint density at radius 3 is 2.26 bits per heavy atom. The summed E-state index contributed by atoms with van der Waals surface area (Å²) in [7, 11) is 1.48. The smallest absolute Gasteiger partial charge is 0.338 e. The van der Waals surface area contributed by atoms with Crippen LogP contribution in [0.5, 0.6) is 23.0 Å². The van der Waals surface area contributed by atoms with Crippen LogP contribution in [0.2, 0.25) is 0 Å². The summed E-state index contributed by atoms with van der Waals surface area (Å²) in [5.74, 6) is 1.21. The minimum atomic E-state index is -0.636. The molecule has 31 heavy (non-hydrogen) atoms. The van der Waals surface area contributed by atoms with Crippen LogP contribution in [0.25, 0.3) is 0 Å². The monoisotopic (exact) mass is 421 g/mol. The van der Waals surface area contributed by atoms with E-state index in [-0.39, 0.29) is 5.56 Å². The lowest BCUT2D eigenvalue weighted by atomic mass is 10.2. The molecule has 0 bridgehead atoms. The van der Waals surface area contributed by atoms with E-state index in [1.54, 1.807) is 36.4 Å². The average molecular weight is 421 g/mol. The van der Waals surface area contributed by atoms with Crippen molar-refractivity contribution in [2.75, 3.05) is 25.6 Å². The standard InChI is InChI=1S/C24H23NO6/c1-3-29-21-14-9-17(15-22(21)28-2)24(27)30-16-23(26)25-18-10-12-20(13-11-18)31-19-7-5-4-6-8-19/h4-15H,3,16H2,1-2H3,(H,25,26). The van der Waals surface area contributed by atoms with E-state index in [1.807, 2.05) is 37.3 Å². The molecule has 0 atom stereocenters. The Hall–Kier alpha value is -4.00. The fourth-order valence-electron chi connectivity index (χ4n) is 2.71. The molecule has 3 rings (SSSR count). The summed E-state index contributed by atoms with van der Waals surface area (Å²) < 4.78 is 21.4. The van der Waals surface area contributed by atoms with Gasteiger partial charge in [-0.15, -0.1) is 0 Å². The number of hydrogen-bond donors (Lipinski definition) is 1. The van der Waals surface area contributed by atoms with Crippen LogP contribution in [0.3, 0.4) is 0 Å². The van der Waals surface area contributed by atoms with Gasteiger partial charge in [0, 0.05) is 5.69 Å². The Balaban J connectivity index is 1.51. The molecule has 3 aromatic carbocycles. The average Bonchev–Trinajstić information content (AvgIpc) is 2.80. The van der Waals surface area contributed by atoms with Crippen LogP contribution in [0.1, 0.15) is 17.3 Å². The number of ether oxygens (including phenoxy) is 4. The number of rotatable bonds is 9. The van der Waals surface area contributed by atoms with Crippen molar-refractivity contribution in [2.45, 2.75) is 6.92 Å². The maximum Gasteiger partial charge on any atom is 0.338 e. The van der Waals surface area contributed by atoms with Gasteiger partial charge in [-0.05, 0) is 61.5 Å². The molecule has 7 heteroatoms. The Morgan fingerprint density at radius 1 is 0.871 bits per heavy atom. The number of carbonyl (C=O) groups is 2. The zero-order valence-corrected chi connectivity index (χ0v) is 17.3. The molecule has 3 aromatic rings. The van der Waals surface area contributed by atoms with E-state index < -0.39 is 18.5 Å². The third kappa shape index (κ3) is 6.24. The largest absolute Gasteiger partial charge is 0.493 e. The van der Waals surface area contributed by atoms with Crippen molar-refractivity contribution in [2.24, 2.45) is 0 Å². The van der Waals surface area contributed by atoms with E-state index in [2.05, 4.69) is 5.32 Å². The Kier molecular flexibility index (Phi) is 7.48. The number of hydrogen-bond acceptors (Lipinski definition) is 6. The van der Waals surface area contributed by atoms with Gasteiger partial charge in [-0.2, -0.15) is 0 Å². The van der Waals surface area contributed by atoms with E-state index in [0.717, 1.165) is 5.75 Å². The molecule has 160 valence electrons. The molecule has 0 heterocycles.